The zero-order valence-corrected chi connectivity index (χ0v) is 16.5. The van der Waals surface area contributed by atoms with Crippen molar-refractivity contribution < 1.29 is 0 Å². The van der Waals surface area contributed by atoms with Crippen LogP contribution in [0.3, 0.4) is 0 Å². The van der Waals surface area contributed by atoms with Crippen molar-refractivity contribution in [1.82, 2.24) is 14.5 Å². The summed E-state index contributed by atoms with van der Waals surface area (Å²) in [6.45, 7) is 3.16. The summed E-state index contributed by atoms with van der Waals surface area (Å²) in [4.78, 5) is 21.5. The van der Waals surface area contributed by atoms with Crippen molar-refractivity contribution in [3.63, 3.8) is 0 Å². The number of nitrogen functional groups attached to an aromatic ring is 1. The average molecular weight is 406 g/mol. The molecule has 0 fully saturated rings. The number of nitrogens with two attached hydrogens (primary N) is 1. The minimum absolute atomic E-state index is 0.0808. The van der Waals surface area contributed by atoms with Gasteiger partial charge in [-0.25, -0.2) is 4.98 Å². The molecule has 27 heavy (non-hydrogen) atoms. The monoisotopic (exact) mass is 405 g/mol. The number of rotatable bonds is 7. The van der Waals surface area contributed by atoms with Crippen LogP contribution in [0.2, 0.25) is 5.02 Å². The second-order valence-corrected chi connectivity index (χ2v) is 6.97. The topological polar surface area (TPSA) is 85.8 Å². The number of alkyl halides is 1. The Morgan fingerprint density at radius 2 is 1.89 bits per heavy atom. The highest BCUT2D eigenvalue weighted by Crippen LogP contribution is 2.24. The summed E-state index contributed by atoms with van der Waals surface area (Å²) in [6.07, 6.45) is 3.56. The molecule has 0 aliphatic carbocycles. The Bertz CT molecular complexity index is 1000. The third-order valence-corrected chi connectivity index (χ3v) is 4.83. The first-order chi connectivity index (χ1) is 13.0. The Balaban J connectivity index is 2.06. The van der Waals surface area contributed by atoms with Gasteiger partial charge in [0.2, 0.25) is 5.95 Å². The lowest BCUT2D eigenvalue weighted by atomic mass is 10.1. The van der Waals surface area contributed by atoms with Gasteiger partial charge < -0.3 is 15.6 Å². The highest BCUT2D eigenvalue weighted by molar-refractivity contribution is 6.35. The minimum Gasteiger partial charge on any atom is -0.369 e. The number of hydrogen-bond donors (Lipinski definition) is 2. The Hall–Kier alpha value is -2.31. The Labute approximate surface area is 167 Å². The van der Waals surface area contributed by atoms with Crippen LogP contribution in [0.15, 0.2) is 35.3 Å². The number of anilines is 2. The highest BCUT2D eigenvalue weighted by atomic mass is 35.5. The van der Waals surface area contributed by atoms with E-state index in [0.29, 0.717) is 40.7 Å². The lowest BCUT2D eigenvalue weighted by molar-refractivity contribution is 0.766. The molecule has 8 heteroatoms. The van der Waals surface area contributed by atoms with Crippen LogP contribution in [0.25, 0.3) is 10.9 Å². The van der Waals surface area contributed by atoms with Crippen LogP contribution in [0, 0.1) is 0 Å². The van der Waals surface area contributed by atoms with Crippen molar-refractivity contribution in [2.24, 2.45) is 0 Å². The fourth-order valence-electron chi connectivity index (χ4n) is 2.81. The SMILES string of the molecule is CCCCNc1nc(N)nc2c(Cl)cn(Cc3ccc(CCl)cc3)c(=O)c12. The smallest absolute Gasteiger partial charge is 0.264 e. The van der Waals surface area contributed by atoms with Crippen molar-refractivity contribution in [2.45, 2.75) is 32.2 Å². The van der Waals surface area contributed by atoms with Gasteiger partial charge in [-0.1, -0.05) is 49.2 Å². The van der Waals surface area contributed by atoms with E-state index in [1.54, 1.807) is 10.8 Å². The summed E-state index contributed by atoms with van der Waals surface area (Å²) in [6, 6.07) is 7.78. The number of nitrogens with one attached hydrogen (secondary N) is 1. The maximum atomic E-state index is 13.1. The molecule has 0 saturated heterocycles. The maximum absolute atomic E-state index is 13.1. The molecule has 0 unspecified atom stereocenters. The van der Waals surface area contributed by atoms with E-state index in [-0.39, 0.29) is 11.5 Å². The van der Waals surface area contributed by atoms with Crippen LogP contribution < -0.4 is 16.6 Å². The van der Waals surface area contributed by atoms with Crippen molar-refractivity contribution in [1.29, 1.82) is 0 Å². The lowest BCUT2D eigenvalue weighted by Gasteiger charge is -2.13. The lowest BCUT2D eigenvalue weighted by Crippen LogP contribution is -2.23. The molecular weight excluding hydrogens is 385 g/mol. The van der Waals surface area contributed by atoms with Gasteiger partial charge in [0.15, 0.2) is 0 Å². The first-order valence-corrected chi connectivity index (χ1v) is 9.68. The van der Waals surface area contributed by atoms with Gasteiger partial charge in [0.1, 0.15) is 16.7 Å². The zero-order valence-electron chi connectivity index (χ0n) is 15.0. The number of halogens is 2. The van der Waals surface area contributed by atoms with Crippen LogP contribution in [-0.2, 0) is 12.4 Å². The molecule has 0 aliphatic rings. The fraction of sp³-hybridized carbons (Fsp3) is 0.316. The summed E-state index contributed by atoms with van der Waals surface area (Å²) in [5.41, 5.74) is 7.94. The second kappa shape index (κ2) is 8.59. The molecule has 2 heterocycles. The fourth-order valence-corrected chi connectivity index (χ4v) is 3.25. The van der Waals surface area contributed by atoms with Crippen molar-refractivity contribution in [3.05, 3.63) is 57.0 Å². The van der Waals surface area contributed by atoms with Crippen LogP contribution in [0.1, 0.15) is 30.9 Å². The zero-order chi connectivity index (χ0) is 19.4. The van der Waals surface area contributed by atoms with Crippen molar-refractivity contribution in [2.75, 3.05) is 17.6 Å². The van der Waals surface area contributed by atoms with Gasteiger partial charge in [-0.2, -0.15) is 4.98 Å². The van der Waals surface area contributed by atoms with E-state index < -0.39 is 0 Å². The van der Waals surface area contributed by atoms with E-state index in [4.69, 9.17) is 28.9 Å². The molecule has 0 spiro atoms. The molecule has 6 nitrogen and oxygen atoms in total. The standard InChI is InChI=1S/C19H21Cl2N5O/c1-2-3-8-23-17-15-16(24-19(22)25-17)14(21)11-26(18(15)27)10-13-6-4-12(9-20)5-7-13/h4-7,11H,2-3,8-10H2,1H3,(H3,22,23,24,25). The molecule has 0 aliphatic heterocycles. The van der Waals surface area contributed by atoms with E-state index in [1.165, 1.54) is 0 Å². The van der Waals surface area contributed by atoms with Gasteiger partial charge in [0, 0.05) is 18.6 Å². The minimum atomic E-state index is -0.213. The number of fused-ring (bicyclic) bond motifs is 1. The van der Waals surface area contributed by atoms with Crippen LogP contribution in [0.4, 0.5) is 11.8 Å². The number of pyridine rings is 1. The maximum Gasteiger partial charge on any atom is 0.264 e. The molecule has 142 valence electrons. The molecule has 3 rings (SSSR count). The summed E-state index contributed by atoms with van der Waals surface area (Å²) in [5, 5.41) is 3.89. The third kappa shape index (κ3) is 4.34. The number of benzene rings is 1. The predicted octanol–water partition coefficient (Wildman–Crippen LogP) is 4.03. The normalized spacial score (nSPS) is 11.1. The summed E-state index contributed by atoms with van der Waals surface area (Å²) in [5.74, 6) is 0.954. The molecule has 0 saturated carbocycles. The first-order valence-electron chi connectivity index (χ1n) is 8.77. The number of aromatic nitrogens is 3. The second-order valence-electron chi connectivity index (χ2n) is 6.29. The van der Waals surface area contributed by atoms with E-state index >= 15 is 0 Å². The van der Waals surface area contributed by atoms with E-state index in [1.807, 2.05) is 24.3 Å². The first kappa shape index (κ1) is 19.5. The summed E-state index contributed by atoms with van der Waals surface area (Å²) in [7, 11) is 0. The quantitative estimate of drug-likeness (QED) is 0.457. The molecule has 0 radical (unpaired) electrons. The molecule has 0 atom stereocenters. The molecule has 2 aromatic heterocycles. The van der Waals surface area contributed by atoms with Gasteiger partial charge >= 0.3 is 0 Å². The van der Waals surface area contributed by atoms with Gasteiger partial charge in [0.05, 0.1) is 11.6 Å². The number of unbranched alkanes of at least 4 members (excludes halogenated alkanes) is 1. The molecule has 3 N–H and O–H groups in total. The average Bonchev–Trinajstić information content (AvgIpc) is 2.66. The van der Waals surface area contributed by atoms with Gasteiger partial charge in [-0.05, 0) is 17.5 Å². The highest BCUT2D eigenvalue weighted by Gasteiger charge is 2.16. The molecule has 1 aromatic carbocycles. The third-order valence-electron chi connectivity index (χ3n) is 4.25. The Kier molecular flexibility index (Phi) is 6.19. The van der Waals surface area contributed by atoms with Gasteiger partial charge in [-0.3, -0.25) is 4.79 Å². The van der Waals surface area contributed by atoms with Crippen LogP contribution in [-0.4, -0.2) is 21.1 Å². The van der Waals surface area contributed by atoms with Crippen LogP contribution >= 0.6 is 23.2 Å². The molecule has 0 bridgehead atoms. The Morgan fingerprint density at radius 3 is 2.56 bits per heavy atom. The van der Waals surface area contributed by atoms with E-state index in [9.17, 15) is 4.79 Å². The van der Waals surface area contributed by atoms with E-state index in [2.05, 4.69) is 22.2 Å². The Morgan fingerprint density at radius 1 is 1.19 bits per heavy atom. The van der Waals surface area contributed by atoms with Crippen molar-refractivity contribution in [3.8, 4) is 0 Å². The molecule has 3 aromatic rings. The predicted molar refractivity (Wildman–Crippen MR) is 112 cm³/mol. The molecule has 0 amide bonds. The summed E-state index contributed by atoms with van der Waals surface area (Å²) < 4.78 is 1.56. The van der Waals surface area contributed by atoms with Gasteiger partial charge in [-0.15, -0.1) is 11.6 Å². The van der Waals surface area contributed by atoms with Crippen molar-refractivity contribution >= 4 is 45.9 Å². The largest absolute Gasteiger partial charge is 0.369 e. The van der Waals surface area contributed by atoms with E-state index in [0.717, 1.165) is 24.0 Å². The van der Waals surface area contributed by atoms with Gasteiger partial charge in [0.25, 0.3) is 5.56 Å². The van der Waals surface area contributed by atoms with Crippen LogP contribution in [0.5, 0.6) is 0 Å². The number of hydrogen-bond acceptors (Lipinski definition) is 5. The molecular formula is C19H21Cl2N5O. The number of nitrogens with zero attached hydrogens (tertiary/aromatic N) is 3. The summed E-state index contributed by atoms with van der Waals surface area (Å²) >= 11 is 12.2.